The lowest BCUT2D eigenvalue weighted by Crippen LogP contribution is -2.17. The van der Waals surface area contributed by atoms with Crippen LogP contribution in [0.25, 0.3) is 0 Å². The van der Waals surface area contributed by atoms with Crippen molar-refractivity contribution in [2.75, 3.05) is 17.2 Å². The number of carbonyl (C=O) groups excluding carboxylic acids is 1. The Labute approximate surface area is 158 Å². The number of rotatable bonds is 6. The zero-order valence-electron chi connectivity index (χ0n) is 15.5. The average Bonchev–Trinajstić information content (AvgIpc) is 3.02. The summed E-state index contributed by atoms with van der Waals surface area (Å²) in [5, 5.41) is 23.0. The second-order valence-electron chi connectivity index (χ2n) is 7.13. The molecule has 2 rings (SSSR count). The summed E-state index contributed by atoms with van der Waals surface area (Å²) >= 11 is 0. The summed E-state index contributed by atoms with van der Waals surface area (Å²) in [5.74, 6) is -0.0514. The van der Waals surface area contributed by atoms with Gasteiger partial charge in [-0.1, -0.05) is 20.8 Å². The maximum Gasteiger partial charge on any atom is 0.416 e. The molecule has 1 amide bonds. The van der Waals surface area contributed by atoms with Crippen LogP contribution in [0.1, 0.15) is 38.4 Å². The van der Waals surface area contributed by atoms with Crippen LogP contribution >= 0.6 is 0 Å². The van der Waals surface area contributed by atoms with Gasteiger partial charge in [-0.05, 0) is 12.1 Å². The number of H-pyrrole nitrogens is 1. The number of halogens is 3. The number of nitro groups is 1. The van der Waals surface area contributed by atoms with Gasteiger partial charge in [0.1, 0.15) is 5.69 Å². The molecule has 1 aromatic carbocycles. The maximum absolute atomic E-state index is 12.7. The van der Waals surface area contributed by atoms with E-state index in [1.54, 1.807) is 6.07 Å². The average molecular weight is 399 g/mol. The van der Waals surface area contributed by atoms with Crippen molar-refractivity contribution in [3.05, 3.63) is 45.6 Å². The SMILES string of the molecule is CC(C)(C)c1cc(NC(=O)CCNc2ccc(C(F)(F)F)cc2[N+](=O)[O-])n[nH]1. The van der Waals surface area contributed by atoms with E-state index in [1.165, 1.54) is 0 Å². The molecule has 0 aliphatic heterocycles. The molecule has 0 fully saturated rings. The highest BCUT2D eigenvalue weighted by molar-refractivity contribution is 5.90. The van der Waals surface area contributed by atoms with E-state index in [1.807, 2.05) is 20.8 Å². The second-order valence-corrected chi connectivity index (χ2v) is 7.13. The molecular weight excluding hydrogens is 379 g/mol. The van der Waals surface area contributed by atoms with Gasteiger partial charge in [0.15, 0.2) is 5.82 Å². The van der Waals surface area contributed by atoms with E-state index in [2.05, 4.69) is 20.8 Å². The van der Waals surface area contributed by atoms with Crippen molar-refractivity contribution in [3.63, 3.8) is 0 Å². The van der Waals surface area contributed by atoms with Crippen molar-refractivity contribution in [3.8, 4) is 0 Å². The minimum atomic E-state index is -4.68. The summed E-state index contributed by atoms with van der Waals surface area (Å²) in [4.78, 5) is 22.1. The summed E-state index contributed by atoms with van der Waals surface area (Å²) < 4.78 is 38.1. The Balaban J connectivity index is 1.96. The number of nitrogens with zero attached hydrogens (tertiary/aromatic N) is 2. The quantitative estimate of drug-likeness (QED) is 0.500. The molecule has 1 heterocycles. The topological polar surface area (TPSA) is 113 Å². The van der Waals surface area contributed by atoms with Crippen molar-refractivity contribution in [1.82, 2.24) is 10.2 Å². The number of hydrogen-bond donors (Lipinski definition) is 3. The van der Waals surface area contributed by atoms with Gasteiger partial charge in [0.2, 0.25) is 5.91 Å². The summed E-state index contributed by atoms with van der Waals surface area (Å²) in [6.07, 6.45) is -4.74. The number of anilines is 2. The highest BCUT2D eigenvalue weighted by Crippen LogP contribution is 2.34. The molecule has 11 heteroatoms. The lowest BCUT2D eigenvalue weighted by Gasteiger charge is -2.14. The standard InChI is InChI=1S/C17H20F3N5O3/c1-16(2,3)13-9-14(24-23-13)22-15(26)6-7-21-11-5-4-10(17(18,19)20)8-12(11)25(27)28/h4-5,8-9,21H,6-7H2,1-3H3,(H2,22,23,24,26). The van der Waals surface area contributed by atoms with Crippen molar-refractivity contribution in [1.29, 1.82) is 0 Å². The Morgan fingerprint density at radius 2 is 1.93 bits per heavy atom. The zero-order valence-corrected chi connectivity index (χ0v) is 15.5. The van der Waals surface area contributed by atoms with E-state index in [-0.39, 0.29) is 24.1 Å². The number of alkyl halides is 3. The molecular formula is C17H20F3N5O3. The van der Waals surface area contributed by atoms with Gasteiger partial charge in [0, 0.05) is 36.2 Å². The van der Waals surface area contributed by atoms with Crippen LogP contribution in [-0.4, -0.2) is 27.6 Å². The van der Waals surface area contributed by atoms with E-state index in [0.29, 0.717) is 11.9 Å². The number of carbonyl (C=O) groups is 1. The molecule has 28 heavy (non-hydrogen) atoms. The Bertz CT molecular complexity index is 872. The van der Waals surface area contributed by atoms with Crippen molar-refractivity contribution < 1.29 is 22.9 Å². The molecule has 1 aromatic heterocycles. The largest absolute Gasteiger partial charge is 0.416 e. The molecule has 0 saturated carbocycles. The summed E-state index contributed by atoms with van der Waals surface area (Å²) in [6, 6.07) is 3.88. The zero-order chi connectivity index (χ0) is 21.1. The molecule has 0 aliphatic rings. The van der Waals surface area contributed by atoms with Crippen LogP contribution in [0, 0.1) is 10.1 Å². The summed E-state index contributed by atoms with van der Waals surface area (Å²) in [6.45, 7) is 5.93. The fourth-order valence-corrected chi connectivity index (χ4v) is 2.29. The second kappa shape index (κ2) is 7.87. The lowest BCUT2D eigenvalue weighted by molar-refractivity contribution is -0.384. The molecule has 0 unspecified atom stereocenters. The van der Waals surface area contributed by atoms with E-state index in [4.69, 9.17) is 0 Å². The van der Waals surface area contributed by atoms with Gasteiger partial charge in [0.05, 0.1) is 10.5 Å². The molecule has 0 aliphatic carbocycles. The fourth-order valence-electron chi connectivity index (χ4n) is 2.29. The van der Waals surface area contributed by atoms with Crippen LogP contribution in [0.15, 0.2) is 24.3 Å². The number of nitrogens with one attached hydrogen (secondary N) is 3. The minimum absolute atomic E-state index is 0.00537. The van der Waals surface area contributed by atoms with Gasteiger partial charge in [-0.3, -0.25) is 20.0 Å². The Morgan fingerprint density at radius 3 is 2.46 bits per heavy atom. The molecule has 0 radical (unpaired) electrons. The first-order chi connectivity index (χ1) is 12.9. The summed E-state index contributed by atoms with van der Waals surface area (Å²) in [5.41, 5.74) is -1.26. The molecule has 152 valence electrons. The minimum Gasteiger partial charge on any atom is -0.379 e. The maximum atomic E-state index is 12.7. The molecule has 3 N–H and O–H groups in total. The normalized spacial score (nSPS) is 11.9. The van der Waals surface area contributed by atoms with Gasteiger partial charge in [-0.25, -0.2) is 0 Å². The predicted octanol–water partition coefficient (Wildman–Crippen LogP) is 4.07. The van der Waals surface area contributed by atoms with Gasteiger partial charge in [-0.15, -0.1) is 0 Å². The first kappa shape index (κ1) is 21.2. The lowest BCUT2D eigenvalue weighted by atomic mass is 9.92. The third kappa shape index (κ3) is 5.44. The van der Waals surface area contributed by atoms with Crippen LogP contribution in [0.5, 0.6) is 0 Å². The highest BCUT2D eigenvalue weighted by Gasteiger charge is 2.33. The van der Waals surface area contributed by atoms with Crippen LogP contribution in [0.4, 0.5) is 30.4 Å². The molecule has 2 aromatic rings. The third-order valence-corrected chi connectivity index (χ3v) is 3.84. The van der Waals surface area contributed by atoms with Crippen molar-refractivity contribution >= 4 is 23.1 Å². The van der Waals surface area contributed by atoms with Gasteiger partial charge < -0.3 is 10.6 Å². The third-order valence-electron chi connectivity index (χ3n) is 3.84. The van der Waals surface area contributed by atoms with Gasteiger partial charge in [-0.2, -0.15) is 18.3 Å². The van der Waals surface area contributed by atoms with Gasteiger partial charge >= 0.3 is 6.18 Å². The monoisotopic (exact) mass is 399 g/mol. The molecule has 8 nitrogen and oxygen atoms in total. The summed E-state index contributed by atoms with van der Waals surface area (Å²) in [7, 11) is 0. The number of aromatic amines is 1. The van der Waals surface area contributed by atoms with E-state index in [0.717, 1.165) is 17.8 Å². The Hall–Kier alpha value is -3.11. The number of hydrogen-bond acceptors (Lipinski definition) is 5. The first-order valence-electron chi connectivity index (χ1n) is 8.33. The first-order valence-corrected chi connectivity index (χ1v) is 8.33. The molecule has 0 spiro atoms. The Morgan fingerprint density at radius 1 is 1.25 bits per heavy atom. The van der Waals surface area contributed by atoms with E-state index < -0.39 is 28.3 Å². The molecule has 0 saturated heterocycles. The Kier molecular flexibility index (Phi) is 5.95. The number of aromatic nitrogens is 2. The van der Waals surface area contributed by atoms with Crippen molar-refractivity contribution in [2.45, 2.75) is 38.8 Å². The number of nitro benzene ring substituents is 1. The molecule has 0 atom stereocenters. The van der Waals surface area contributed by atoms with E-state index >= 15 is 0 Å². The number of amides is 1. The van der Waals surface area contributed by atoms with Gasteiger partial charge in [0.25, 0.3) is 5.69 Å². The highest BCUT2D eigenvalue weighted by atomic mass is 19.4. The smallest absolute Gasteiger partial charge is 0.379 e. The van der Waals surface area contributed by atoms with Crippen LogP contribution in [0.2, 0.25) is 0 Å². The van der Waals surface area contributed by atoms with Crippen LogP contribution in [0.3, 0.4) is 0 Å². The van der Waals surface area contributed by atoms with E-state index in [9.17, 15) is 28.1 Å². The fraction of sp³-hybridized carbons (Fsp3) is 0.412. The predicted molar refractivity (Wildman–Crippen MR) is 97.1 cm³/mol. The van der Waals surface area contributed by atoms with Crippen LogP contribution in [-0.2, 0) is 16.4 Å². The number of benzene rings is 1. The van der Waals surface area contributed by atoms with Crippen LogP contribution < -0.4 is 10.6 Å². The molecule has 0 bridgehead atoms. The van der Waals surface area contributed by atoms with Crippen molar-refractivity contribution in [2.24, 2.45) is 0 Å².